The van der Waals surface area contributed by atoms with Gasteiger partial charge in [-0.1, -0.05) is 30.3 Å². The average Bonchev–Trinajstić information content (AvgIpc) is 2.85. The van der Waals surface area contributed by atoms with Crippen molar-refractivity contribution in [1.29, 1.82) is 0 Å². The number of aliphatic imine (C=N–C) groups is 1. The fraction of sp³-hybridized carbons (Fsp3) is 0.542. The van der Waals surface area contributed by atoms with E-state index in [2.05, 4.69) is 20.9 Å². The monoisotopic (exact) mass is 520 g/mol. The number of aliphatic carboxylic acids is 1. The summed E-state index contributed by atoms with van der Waals surface area (Å²) in [6.45, 7) is 2.17. The fourth-order valence-electron chi connectivity index (χ4n) is 3.42. The molecule has 1 aromatic carbocycles. The zero-order valence-electron chi connectivity index (χ0n) is 21.2. The maximum atomic E-state index is 12.9. The van der Waals surface area contributed by atoms with Crippen LogP contribution >= 0.6 is 0 Å². The van der Waals surface area contributed by atoms with Gasteiger partial charge in [0.2, 0.25) is 17.7 Å². The summed E-state index contributed by atoms with van der Waals surface area (Å²) in [5.74, 6) is -3.03. The number of nitrogens with zero attached hydrogens (tertiary/aromatic N) is 1. The van der Waals surface area contributed by atoms with Crippen molar-refractivity contribution < 1.29 is 24.3 Å². The minimum Gasteiger partial charge on any atom is -0.480 e. The first-order valence-corrected chi connectivity index (χ1v) is 12.2. The predicted molar refractivity (Wildman–Crippen MR) is 140 cm³/mol. The van der Waals surface area contributed by atoms with Gasteiger partial charge >= 0.3 is 5.97 Å². The van der Waals surface area contributed by atoms with Crippen molar-refractivity contribution in [3.8, 4) is 0 Å². The van der Waals surface area contributed by atoms with Crippen molar-refractivity contribution >= 4 is 29.7 Å². The Morgan fingerprint density at radius 3 is 2.14 bits per heavy atom. The van der Waals surface area contributed by atoms with Crippen LogP contribution in [0.15, 0.2) is 35.3 Å². The zero-order chi connectivity index (χ0) is 27.8. The third-order valence-electron chi connectivity index (χ3n) is 5.53. The summed E-state index contributed by atoms with van der Waals surface area (Å²) in [6.07, 6.45) is 2.35. The Balaban J connectivity index is 2.73. The smallest absolute Gasteiger partial charge is 0.326 e. The van der Waals surface area contributed by atoms with Gasteiger partial charge in [0.15, 0.2) is 5.96 Å². The van der Waals surface area contributed by atoms with E-state index in [1.807, 2.05) is 0 Å². The molecule has 0 fully saturated rings. The van der Waals surface area contributed by atoms with Crippen molar-refractivity contribution in [3.05, 3.63) is 35.9 Å². The van der Waals surface area contributed by atoms with Gasteiger partial charge in [-0.2, -0.15) is 0 Å². The molecule has 0 heterocycles. The zero-order valence-corrected chi connectivity index (χ0v) is 21.2. The predicted octanol–water partition coefficient (Wildman–Crippen LogP) is -1.70. The second-order valence-corrected chi connectivity index (χ2v) is 8.72. The quantitative estimate of drug-likeness (QED) is 0.0662. The van der Waals surface area contributed by atoms with Gasteiger partial charge in [0.25, 0.3) is 0 Å². The molecule has 0 saturated carbocycles. The third-order valence-corrected chi connectivity index (χ3v) is 5.53. The molecule has 0 bridgehead atoms. The number of carboxylic acids is 1. The van der Waals surface area contributed by atoms with Crippen LogP contribution in [0.5, 0.6) is 0 Å². The van der Waals surface area contributed by atoms with Crippen molar-refractivity contribution in [1.82, 2.24) is 16.0 Å². The summed E-state index contributed by atoms with van der Waals surface area (Å²) in [6, 6.07) is 4.81. The van der Waals surface area contributed by atoms with Crippen molar-refractivity contribution in [2.24, 2.45) is 27.9 Å². The SMILES string of the molecule is CC(NC(=O)C(CCCCN)NC(=O)C(N)CCCN=C(N)N)C(=O)NC(Cc1ccccc1)C(=O)O. The number of hydrogen-bond donors (Lipinski definition) is 8. The number of rotatable bonds is 17. The number of carbonyl (C=O) groups is 4. The Bertz CT molecular complexity index is 908. The van der Waals surface area contributed by atoms with E-state index in [1.165, 1.54) is 6.92 Å². The van der Waals surface area contributed by atoms with E-state index in [0.29, 0.717) is 38.8 Å². The van der Waals surface area contributed by atoms with E-state index in [4.69, 9.17) is 22.9 Å². The molecule has 3 amide bonds. The summed E-state index contributed by atoms with van der Waals surface area (Å²) in [4.78, 5) is 53.6. The van der Waals surface area contributed by atoms with Gasteiger partial charge in [0.1, 0.15) is 18.1 Å². The third kappa shape index (κ3) is 12.7. The molecule has 1 rings (SSSR count). The second-order valence-electron chi connectivity index (χ2n) is 8.72. The fourth-order valence-corrected chi connectivity index (χ4v) is 3.42. The molecule has 1 aromatic rings. The van der Waals surface area contributed by atoms with Gasteiger partial charge in [-0.05, 0) is 51.1 Å². The van der Waals surface area contributed by atoms with E-state index in [1.54, 1.807) is 30.3 Å². The van der Waals surface area contributed by atoms with E-state index in [9.17, 15) is 24.3 Å². The lowest BCUT2D eigenvalue weighted by atomic mass is 10.1. The van der Waals surface area contributed by atoms with Gasteiger partial charge in [-0.3, -0.25) is 19.4 Å². The number of carbonyl (C=O) groups excluding carboxylic acids is 3. The molecule has 4 unspecified atom stereocenters. The molecule has 0 aliphatic carbocycles. The standard InChI is InChI=1S/C24H40N8O5/c1-15(20(33)32-19(23(36)37)14-16-8-3-2-4-9-16)30-22(35)18(11-5-6-12-25)31-21(34)17(26)10-7-13-29-24(27)28/h2-4,8-9,15,17-19H,5-7,10-14,25-26H2,1H3,(H,30,35)(H,31,34)(H,32,33)(H,36,37)(H4,27,28,29). The van der Waals surface area contributed by atoms with Gasteiger partial charge < -0.3 is 44.0 Å². The highest BCUT2D eigenvalue weighted by Crippen LogP contribution is 2.06. The lowest BCUT2D eigenvalue weighted by Gasteiger charge is -2.23. The lowest BCUT2D eigenvalue weighted by molar-refractivity contribution is -0.142. The molecule has 0 aliphatic rings. The summed E-state index contributed by atoms with van der Waals surface area (Å²) < 4.78 is 0. The number of amides is 3. The molecule has 0 spiro atoms. The first-order valence-electron chi connectivity index (χ1n) is 12.2. The number of carboxylic acid groups (broad SMARTS) is 1. The van der Waals surface area contributed by atoms with Crippen LogP contribution in [0.2, 0.25) is 0 Å². The van der Waals surface area contributed by atoms with Crippen LogP contribution < -0.4 is 38.9 Å². The summed E-state index contributed by atoms with van der Waals surface area (Å²) >= 11 is 0. The molecule has 0 saturated heterocycles. The maximum absolute atomic E-state index is 12.9. The number of benzene rings is 1. The van der Waals surface area contributed by atoms with Crippen molar-refractivity contribution in [2.45, 2.75) is 69.6 Å². The van der Waals surface area contributed by atoms with Crippen LogP contribution in [0, 0.1) is 0 Å². The van der Waals surface area contributed by atoms with Crippen LogP contribution in [-0.4, -0.2) is 72.0 Å². The van der Waals surface area contributed by atoms with E-state index in [-0.39, 0.29) is 18.8 Å². The molecule has 37 heavy (non-hydrogen) atoms. The lowest BCUT2D eigenvalue weighted by Crippen LogP contribution is -2.56. The van der Waals surface area contributed by atoms with Gasteiger partial charge in [-0.25, -0.2) is 4.79 Å². The molecule has 0 radical (unpaired) electrons. The minimum absolute atomic E-state index is 0.0532. The van der Waals surface area contributed by atoms with Crippen molar-refractivity contribution in [3.63, 3.8) is 0 Å². The van der Waals surface area contributed by atoms with Crippen LogP contribution in [-0.2, 0) is 25.6 Å². The summed E-state index contributed by atoms with van der Waals surface area (Å²) in [5, 5.41) is 17.2. The Morgan fingerprint density at radius 1 is 0.892 bits per heavy atom. The Morgan fingerprint density at radius 2 is 1.54 bits per heavy atom. The minimum atomic E-state index is -1.20. The highest BCUT2D eigenvalue weighted by molar-refractivity contribution is 5.93. The molecular weight excluding hydrogens is 480 g/mol. The molecule has 4 atom stereocenters. The second kappa shape index (κ2) is 16.9. The first kappa shape index (κ1) is 31.3. The molecule has 206 valence electrons. The van der Waals surface area contributed by atoms with E-state index >= 15 is 0 Å². The van der Waals surface area contributed by atoms with E-state index < -0.39 is 47.9 Å². The molecule has 0 aromatic heterocycles. The van der Waals surface area contributed by atoms with Crippen LogP contribution in [0.4, 0.5) is 0 Å². The maximum Gasteiger partial charge on any atom is 0.326 e. The largest absolute Gasteiger partial charge is 0.480 e. The highest BCUT2D eigenvalue weighted by Gasteiger charge is 2.28. The van der Waals surface area contributed by atoms with Crippen molar-refractivity contribution in [2.75, 3.05) is 13.1 Å². The van der Waals surface area contributed by atoms with Crippen LogP contribution in [0.25, 0.3) is 0 Å². The van der Waals surface area contributed by atoms with Gasteiger partial charge in [0, 0.05) is 13.0 Å². The average molecular weight is 521 g/mol. The molecule has 0 aliphatic heterocycles. The Labute approximate surface area is 216 Å². The Kier molecular flexibility index (Phi) is 14.3. The number of unbranched alkanes of at least 4 members (excludes halogenated alkanes) is 1. The molecule has 13 heteroatoms. The number of nitrogens with two attached hydrogens (primary N) is 4. The molecular formula is C24H40N8O5. The van der Waals surface area contributed by atoms with Gasteiger partial charge in [0.05, 0.1) is 6.04 Å². The first-order chi connectivity index (χ1) is 17.5. The highest BCUT2D eigenvalue weighted by atomic mass is 16.4. The number of guanidine groups is 1. The van der Waals surface area contributed by atoms with Gasteiger partial charge in [-0.15, -0.1) is 0 Å². The normalized spacial score (nSPS) is 13.9. The van der Waals surface area contributed by atoms with Crippen LogP contribution in [0.3, 0.4) is 0 Å². The number of hydrogen-bond acceptors (Lipinski definition) is 7. The molecule has 12 N–H and O–H groups in total. The summed E-state index contributed by atoms with van der Waals surface area (Å²) in [5.41, 5.74) is 22.8. The topological polar surface area (TPSA) is 241 Å². The van der Waals surface area contributed by atoms with E-state index in [0.717, 1.165) is 5.56 Å². The number of nitrogens with one attached hydrogen (secondary N) is 3. The molecule has 13 nitrogen and oxygen atoms in total. The Hall–Kier alpha value is -3.71. The van der Waals surface area contributed by atoms with Crippen LogP contribution in [0.1, 0.15) is 44.6 Å². The summed E-state index contributed by atoms with van der Waals surface area (Å²) in [7, 11) is 0.